The van der Waals surface area contributed by atoms with Gasteiger partial charge in [-0.3, -0.25) is 4.79 Å². The summed E-state index contributed by atoms with van der Waals surface area (Å²) in [5.74, 6) is 5.89. The number of amides is 1. The second-order valence-corrected chi connectivity index (χ2v) is 3.97. The van der Waals surface area contributed by atoms with Crippen LogP contribution in [-0.2, 0) is 4.79 Å². The first kappa shape index (κ1) is 11.1. The second-order valence-electron chi connectivity index (χ2n) is 3.97. The van der Waals surface area contributed by atoms with E-state index in [1.807, 2.05) is 0 Å². The van der Waals surface area contributed by atoms with Crippen molar-refractivity contribution >= 4 is 5.91 Å². The predicted octanol–water partition coefficient (Wildman–Crippen LogP) is 2.09. The lowest BCUT2D eigenvalue weighted by molar-refractivity contribution is -0.116. The molecule has 0 heterocycles. The number of carbonyl (C=O) groups excluding carboxylic acids is 1. The zero-order valence-electron chi connectivity index (χ0n) is 9.10. The van der Waals surface area contributed by atoms with E-state index in [1.54, 1.807) is 6.92 Å². The summed E-state index contributed by atoms with van der Waals surface area (Å²) in [6.45, 7) is 3.93. The van der Waals surface area contributed by atoms with Gasteiger partial charge in [-0.1, -0.05) is 19.3 Å². The standard InChI is InChI=1S/C12H19NO/c1-3-5-12(14)13-11-8-6-10(4-2)7-9-11/h10-11H,4,6-9H2,1-2H3,(H,13,14)/t10-,11+. The molecule has 1 amide bonds. The fourth-order valence-corrected chi connectivity index (χ4v) is 2.05. The van der Waals surface area contributed by atoms with Crippen LogP contribution in [0.5, 0.6) is 0 Å². The van der Waals surface area contributed by atoms with Crippen LogP contribution in [0.3, 0.4) is 0 Å². The van der Waals surface area contributed by atoms with E-state index in [0.29, 0.717) is 6.04 Å². The van der Waals surface area contributed by atoms with Crippen LogP contribution in [0.25, 0.3) is 0 Å². The molecule has 1 aliphatic rings. The molecule has 0 unspecified atom stereocenters. The number of nitrogens with one attached hydrogen (secondary N) is 1. The highest BCUT2D eigenvalue weighted by molar-refractivity contribution is 5.93. The molecule has 0 aromatic rings. The van der Waals surface area contributed by atoms with E-state index in [-0.39, 0.29) is 5.91 Å². The lowest BCUT2D eigenvalue weighted by Crippen LogP contribution is -2.36. The average Bonchev–Trinajstić information content (AvgIpc) is 2.19. The molecule has 0 bridgehead atoms. The van der Waals surface area contributed by atoms with Crippen LogP contribution in [0.2, 0.25) is 0 Å². The third kappa shape index (κ3) is 3.41. The van der Waals surface area contributed by atoms with Crippen LogP contribution in [-0.4, -0.2) is 11.9 Å². The molecule has 0 saturated heterocycles. The van der Waals surface area contributed by atoms with Gasteiger partial charge in [-0.2, -0.15) is 0 Å². The Morgan fingerprint density at radius 2 is 2.00 bits per heavy atom. The summed E-state index contributed by atoms with van der Waals surface area (Å²) in [5.41, 5.74) is 0. The lowest BCUT2D eigenvalue weighted by Gasteiger charge is -2.27. The fourth-order valence-electron chi connectivity index (χ4n) is 2.05. The van der Waals surface area contributed by atoms with Crippen LogP contribution < -0.4 is 5.32 Å². The molecular formula is C12H19NO. The molecule has 1 N–H and O–H groups in total. The molecular weight excluding hydrogens is 174 g/mol. The van der Waals surface area contributed by atoms with E-state index < -0.39 is 0 Å². The molecule has 14 heavy (non-hydrogen) atoms. The minimum absolute atomic E-state index is 0.118. The van der Waals surface area contributed by atoms with E-state index in [9.17, 15) is 4.79 Å². The van der Waals surface area contributed by atoms with Crippen LogP contribution in [0, 0.1) is 17.8 Å². The predicted molar refractivity (Wildman–Crippen MR) is 57.6 cm³/mol. The first-order chi connectivity index (χ1) is 6.76. The average molecular weight is 193 g/mol. The van der Waals surface area contributed by atoms with Gasteiger partial charge in [-0.05, 0) is 44.4 Å². The van der Waals surface area contributed by atoms with Gasteiger partial charge < -0.3 is 5.32 Å². The largest absolute Gasteiger partial charge is 0.343 e. The molecule has 1 fully saturated rings. The van der Waals surface area contributed by atoms with Crippen molar-refractivity contribution < 1.29 is 4.79 Å². The van der Waals surface area contributed by atoms with Crippen LogP contribution >= 0.6 is 0 Å². The maximum atomic E-state index is 11.2. The van der Waals surface area contributed by atoms with Crippen molar-refractivity contribution in [2.75, 3.05) is 0 Å². The van der Waals surface area contributed by atoms with Crippen LogP contribution in [0.1, 0.15) is 46.0 Å². The van der Waals surface area contributed by atoms with Gasteiger partial charge in [0.05, 0.1) is 0 Å². The van der Waals surface area contributed by atoms with Crippen molar-refractivity contribution in [2.45, 2.75) is 52.0 Å². The van der Waals surface area contributed by atoms with Gasteiger partial charge in [0.1, 0.15) is 0 Å². The highest BCUT2D eigenvalue weighted by Gasteiger charge is 2.20. The maximum Gasteiger partial charge on any atom is 0.296 e. The third-order valence-electron chi connectivity index (χ3n) is 3.00. The van der Waals surface area contributed by atoms with Gasteiger partial charge in [-0.15, -0.1) is 0 Å². The summed E-state index contributed by atoms with van der Waals surface area (Å²) in [5, 5.41) is 2.95. The number of hydrogen-bond donors (Lipinski definition) is 1. The molecule has 1 rings (SSSR count). The van der Waals surface area contributed by atoms with Crippen molar-refractivity contribution in [1.82, 2.24) is 5.32 Å². The maximum absolute atomic E-state index is 11.2. The monoisotopic (exact) mass is 193 g/mol. The van der Waals surface area contributed by atoms with Crippen molar-refractivity contribution in [2.24, 2.45) is 5.92 Å². The van der Waals surface area contributed by atoms with Gasteiger partial charge in [-0.25, -0.2) is 0 Å². The summed E-state index contributed by atoms with van der Waals surface area (Å²) >= 11 is 0. The molecule has 78 valence electrons. The van der Waals surface area contributed by atoms with Gasteiger partial charge in [0.2, 0.25) is 0 Å². The number of rotatable bonds is 2. The summed E-state index contributed by atoms with van der Waals surface area (Å²) in [6, 6.07) is 0.367. The van der Waals surface area contributed by atoms with Crippen molar-refractivity contribution in [3.05, 3.63) is 0 Å². The first-order valence-corrected chi connectivity index (χ1v) is 5.49. The fraction of sp³-hybridized carbons (Fsp3) is 0.750. The van der Waals surface area contributed by atoms with E-state index in [0.717, 1.165) is 18.8 Å². The van der Waals surface area contributed by atoms with Gasteiger partial charge in [0.15, 0.2) is 0 Å². The summed E-state index contributed by atoms with van der Waals surface area (Å²) in [4.78, 5) is 11.2. The molecule has 0 aromatic heterocycles. The SMILES string of the molecule is CC#CC(=O)N[C@H]1CC[C@@H](CC)CC1. The zero-order valence-corrected chi connectivity index (χ0v) is 9.10. The Hall–Kier alpha value is -0.970. The van der Waals surface area contributed by atoms with Crippen LogP contribution in [0.4, 0.5) is 0 Å². The summed E-state index contributed by atoms with van der Waals surface area (Å²) in [7, 11) is 0. The minimum Gasteiger partial charge on any atom is -0.343 e. The lowest BCUT2D eigenvalue weighted by atomic mass is 9.84. The third-order valence-corrected chi connectivity index (χ3v) is 3.00. The normalized spacial score (nSPS) is 26.1. The summed E-state index contributed by atoms with van der Waals surface area (Å²) in [6.07, 6.45) is 6.02. The first-order valence-electron chi connectivity index (χ1n) is 5.49. The Labute approximate surface area is 86.5 Å². The Morgan fingerprint density at radius 1 is 1.36 bits per heavy atom. The quantitative estimate of drug-likeness (QED) is 0.668. The Kier molecular flexibility index (Phi) is 4.52. The van der Waals surface area contributed by atoms with E-state index in [1.165, 1.54) is 19.3 Å². The minimum atomic E-state index is -0.118. The highest BCUT2D eigenvalue weighted by Crippen LogP contribution is 2.26. The van der Waals surface area contributed by atoms with Gasteiger partial charge in [0.25, 0.3) is 5.91 Å². The molecule has 0 spiro atoms. The highest BCUT2D eigenvalue weighted by atomic mass is 16.1. The zero-order chi connectivity index (χ0) is 10.4. The van der Waals surface area contributed by atoms with E-state index in [2.05, 4.69) is 24.1 Å². The molecule has 2 nitrogen and oxygen atoms in total. The topological polar surface area (TPSA) is 29.1 Å². The van der Waals surface area contributed by atoms with Gasteiger partial charge in [0, 0.05) is 6.04 Å². The Balaban J connectivity index is 2.27. The molecule has 0 atom stereocenters. The molecule has 0 radical (unpaired) electrons. The number of carbonyl (C=O) groups is 1. The molecule has 1 saturated carbocycles. The Bertz CT molecular complexity index is 241. The molecule has 1 aliphatic carbocycles. The van der Waals surface area contributed by atoms with E-state index in [4.69, 9.17) is 0 Å². The molecule has 2 heteroatoms. The van der Waals surface area contributed by atoms with Crippen LogP contribution in [0.15, 0.2) is 0 Å². The van der Waals surface area contributed by atoms with Crippen molar-refractivity contribution in [1.29, 1.82) is 0 Å². The second kappa shape index (κ2) is 5.70. The Morgan fingerprint density at radius 3 is 2.50 bits per heavy atom. The van der Waals surface area contributed by atoms with E-state index >= 15 is 0 Å². The van der Waals surface area contributed by atoms with Gasteiger partial charge >= 0.3 is 0 Å². The molecule has 0 aliphatic heterocycles. The van der Waals surface area contributed by atoms with Crippen molar-refractivity contribution in [3.8, 4) is 11.8 Å². The smallest absolute Gasteiger partial charge is 0.296 e. The summed E-state index contributed by atoms with van der Waals surface area (Å²) < 4.78 is 0. The number of hydrogen-bond acceptors (Lipinski definition) is 1. The van der Waals surface area contributed by atoms with Crippen molar-refractivity contribution in [3.63, 3.8) is 0 Å². The molecule has 0 aromatic carbocycles.